The van der Waals surface area contributed by atoms with Crippen molar-refractivity contribution in [1.29, 1.82) is 0 Å². The number of aryl methyl sites for hydroxylation is 1. The van der Waals surface area contributed by atoms with E-state index >= 15 is 0 Å². The molecule has 3 aromatic heterocycles. The van der Waals surface area contributed by atoms with Crippen LogP contribution in [0.25, 0.3) is 11.2 Å². The van der Waals surface area contributed by atoms with Crippen LogP contribution in [0.1, 0.15) is 17.0 Å². The van der Waals surface area contributed by atoms with Crippen molar-refractivity contribution in [2.24, 2.45) is 7.05 Å². The summed E-state index contributed by atoms with van der Waals surface area (Å²) < 4.78 is 63.1. The van der Waals surface area contributed by atoms with Crippen molar-refractivity contribution in [3.63, 3.8) is 0 Å². The molecule has 0 radical (unpaired) electrons. The summed E-state index contributed by atoms with van der Waals surface area (Å²) in [6.07, 6.45) is -0.832. The molecule has 0 bridgehead atoms. The number of imidazole rings is 1. The minimum atomic E-state index is -4.81. The number of benzene rings is 1. The van der Waals surface area contributed by atoms with Crippen LogP contribution < -0.4 is 5.69 Å². The molecule has 7 nitrogen and oxygen atoms in total. The van der Waals surface area contributed by atoms with Crippen LogP contribution in [0.3, 0.4) is 0 Å². The molecule has 1 aliphatic heterocycles. The Hall–Kier alpha value is -3.47. The van der Waals surface area contributed by atoms with Gasteiger partial charge in [0.15, 0.2) is 0 Å². The highest BCUT2D eigenvalue weighted by atomic mass is 19.4. The number of halogens is 4. The maximum absolute atomic E-state index is 13.8. The molecular weight excluding hydrogens is 430 g/mol. The second-order valence-electron chi connectivity index (χ2n) is 7.96. The normalized spacial score (nSPS) is 15.8. The van der Waals surface area contributed by atoms with Crippen molar-refractivity contribution in [2.75, 3.05) is 13.2 Å². The summed E-state index contributed by atoms with van der Waals surface area (Å²) in [6, 6.07) is 7.34. The summed E-state index contributed by atoms with van der Waals surface area (Å²) in [6.45, 7) is 0.860. The van der Waals surface area contributed by atoms with Gasteiger partial charge in [0.2, 0.25) is 0 Å². The average Bonchev–Trinajstić information content (AvgIpc) is 3.26. The number of hydrogen-bond donors (Lipinski definition) is 0. The molecule has 166 valence electrons. The maximum Gasteiger partial charge on any atom is 0.418 e. The van der Waals surface area contributed by atoms with Gasteiger partial charge in [-0.1, -0.05) is 12.1 Å². The maximum atomic E-state index is 13.8. The minimum Gasteiger partial charge on any atom is -0.379 e. The molecule has 0 atom stereocenters. The third-order valence-electron chi connectivity index (χ3n) is 5.83. The first-order chi connectivity index (χ1) is 15.2. The Morgan fingerprint density at radius 1 is 1.19 bits per heavy atom. The lowest BCUT2D eigenvalue weighted by Gasteiger charge is -2.41. The average molecular weight is 447 g/mol. The number of ether oxygens (including phenoxy) is 1. The van der Waals surface area contributed by atoms with Crippen molar-refractivity contribution >= 4 is 5.52 Å². The van der Waals surface area contributed by atoms with Crippen molar-refractivity contribution in [2.45, 2.75) is 18.0 Å². The Bertz CT molecular complexity index is 1380. The lowest BCUT2D eigenvalue weighted by Crippen LogP contribution is -2.49. The van der Waals surface area contributed by atoms with Gasteiger partial charge in [-0.15, -0.1) is 10.2 Å². The zero-order valence-electron chi connectivity index (χ0n) is 16.8. The molecular formula is C21H17F4N5O2. The molecule has 11 heteroatoms. The first-order valence-corrected chi connectivity index (χ1v) is 9.70. The molecule has 32 heavy (non-hydrogen) atoms. The van der Waals surface area contributed by atoms with Gasteiger partial charge >= 0.3 is 11.9 Å². The highest BCUT2D eigenvalue weighted by molar-refractivity contribution is 5.57. The number of aromatic nitrogens is 5. The summed E-state index contributed by atoms with van der Waals surface area (Å²) in [5.41, 5.74) is -1.61. The van der Waals surface area contributed by atoms with E-state index < -0.39 is 34.2 Å². The molecule has 4 aromatic rings. The van der Waals surface area contributed by atoms with E-state index in [9.17, 15) is 22.4 Å². The molecule has 0 N–H and O–H groups in total. The van der Waals surface area contributed by atoms with Gasteiger partial charge in [-0.25, -0.2) is 9.18 Å². The summed E-state index contributed by atoms with van der Waals surface area (Å²) in [5.74, 6) is -0.386. The summed E-state index contributed by atoms with van der Waals surface area (Å²) in [4.78, 5) is 12.9. The highest BCUT2D eigenvalue weighted by Gasteiger charge is 2.42. The number of alkyl halides is 3. The second-order valence-corrected chi connectivity index (χ2v) is 7.96. The molecule has 5 rings (SSSR count). The van der Waals surface area contributed by atoms with Gasteiger partial charge in [0.1, 0.15) is 18.0 Å². The fourth-order valence-corrected chi connectivity index (χ4v) is 4.04. The molecule has 0 unspecified atom stereocenters. The molecule has 0 aliphatic carbocycles. The Kier molecular flexibility index (Phi) is 4.48. The fraction of sp³-hybridized carbons (Fsp3) is 0.286. The minimum absolute atomic E-state index is 0.369. The van der Waals surface area contributed by atoms with Crippen molar-refractivity contribution in [3.05, 3.63) is 82.3 Å². The van der Waals surface area contributed by atoms with Gasteiger partial charge in [0.25, 0.3) is 0 Å². The van der Waals surface area contributed by atoms with Gasteiger partial charge < -0.3 is 9.30 Å². The second kappa shape index (κ2) is 7.02. The molecule has 0 amide bonds. The van der Waals surface area contributed by atoms with Gasteiger partial charge in [0.05, 0.1) is 30.0 Å². The monoisotopic (exact) mass is 447 g/mol. The number of nitrogens with zero attached hydrogens (tertiary/aromatic N) is 5. The van der Waals surface area contributed by atoms with E-state index in [1.54, 1.807) is 24.5 Å². The van der Waals surface area contributed by atoms with E-state index in [-0.39, 0.29) is 0 Å². The van der Waals surface area contributed by atoms with Crippen LogP contribution in [0, 0.1) is 5.82 Å². The van der Waals surface area contributed by atoms with Crippen molar-refractivity contribution in [3.8, 4) is 5.69 Å². The highest BCUT2D eigenvalue weighted by Crippen LogP contribution is 2.37. The molecule has 1 fully saturated rings. The Morgan fingerprint density at radius 3 is 2.59 bits per heavy atom. The zero-order valence-corrected chi connectivity index (χ0v) is 16.8. The Morgan fingerprint density at radius 2 is 1.97 bits per heavy atom. The summed E-state index contributed by atoms with van der Waals surface area (Å²) in [5, 5.41) is 8.02. The van der Waals surface area contributed by atoms with Crippen LogP contribution in [-0.2, 0) is 29.8 Å². The van der Waals surface area contributed by atoms with Crippen LogP contribution in [0.5, 0.6) is 0 Å². The van der Waals surface area contributed by atoms with Crippen LogP contribution >= 0.6 is 0 Å². The first-order valence-electron chi connectivity index (χ1n) is 9.70. The van der Waals surface area contributed by atoms with Crippen LogP contribution in [0.4, 0.5) is 17.6 Å². The smallest absolute Gasteiger partial charge is 0.379 e. The molecule has 1 saturated heterocycles. The topological polar surface area (TPSA) is 66.3 Å². The summed E-state index contributed by atoms with van der Waals surface area (Å²) >= 11 is 0. The fourth-order valence-electron chi connectivity index (χ4n) is 4.04. The van der Waals surface area contributed by atoms with E-state index in [1.165, 1.54) is 0 Å². The largest absolute Gasteiger partial charge is 0.418 e. The molecule has 1 aromatic carbocycles. The van der Waals surface area contributed by atoms with Crippen LogP contribution in [0.15, 0.2) is 53.8 Å². The number of fused-ring (bicyclic) bond motifs is 1. The van der Waals surface area contributed by atoms with Gasteiger partial charge in [-0.3, -0.25) is 8.97 Å². The Balaban J connectivity index is 1.61. The van der Waals surface area contributed by atoms with Gasteiger partial charge in [-0.2, -0.15) is 13.2 Å². The number of hydrogen-bond acceptors (Lipinski definition) is 4. The molecule has 1 aliphatic rings. The predicted octanol–water partition coefficient (Wildman–Crippen LogP) is 2.89. The van der Waals surface area contributed by atoms with E-state index in [1.807, 2.05) is 17.7 Å². The molecule has 0 spiro atoms. The van der Waals surface area contributed by atoms with E-state index in [0.717, 1.165) is 28.3 Å². The standard InChI is InChI=1S/C21H17F4N5O2/c1-28-12-26-27-18(28)7-20(10-32-11-20)13-3-2-4-15(5-13)29-9-17-16(21(23,24)25)6-14(22)8-30(17)19(29)31/h2-6,8-9,12H,7,10-11H2,1H3. The lowest BCUT2D eigenvalue weighted by molar-refractivity contribution is -0.136. The van der Waals surface area contributed by atoms with Gasteiger partial charge in [-0.05, 0) is 23.8 Å². The SMILES string of the molecule is Cn1cnnc1CC1(c2cccc(-n3cc4c(C(F)(F)F)cc(F)cn4c3=O)c2)COC1. The van der Waals surface area contributed by atoms with E-state index in [0.29, 0.717) is 35.8 Å². The zero-order chi connectivity index (χ0) is 22.7. The third kappa shape index (κ3) is 3.20. The quantitative estimate of drug-likeness (QED) is 0.452. The first kappa shape index (κ1) is 20.4. The van der Waals surface area contributed by atoms with E-state index in [2.05, 4.69) is 10.2 Å². The van der Waals surface area contributed by atoms with Crippen LogP contribution in [0.2, 0.25) is 0 Å². The van der Waals surface area contributed by atoms with Crippen molar-refractivity contribution in [1.82, 2.24) is 23.7 Å². The van der Waals surface area contributed by atoms with Crippen molar-refractivity contribution < 1.29 is 22.3 Å². The van der Waals surface area contributed by atoms with Crippen LogP contribution in [-0.4, -0.2) is 36.9 Å². The lowest BCUT2D eigenvalue weighted by atomic mass is 9.75. The number of rotatable bonds is 4. The Labute approximate surface area is 178 Å². The number of pyridine rings is 1. The van der Waals surface area contributed by atoms with Gasteiger partial charge in [0, 0.05) is 31.3 Å². The molecule has 4 heterocycles. The molecule has 0 saturated carbocycles. The summed E-state index contributed by atoms with van der Waals surface area (Å²) in [7, 11) is 1.84. The third-order valence-corrected chi connectivity index (χ3v) is 5.83. The van der Waals surface area contributed by atoms with E-state index in [4.69, 9.17) is 4.74 Å². The predicted molar refractivity (Wildman–Crippen MR) is 105 cm³/mol.